The molecule has 0 aliphatic rings. The van der Waals surface area contributed by atoms with E-state index in [1.807, 2.05) is 12.1 Å². The van der Waals surface area contributed by atoms with Crippen LogP contribution in [0.5, 0.6) is 5.75 Å². The van der Waals surface area contributed by atoms with Crippen LogP contribution in [0.4, 0.5) is 0 Å². The molecular formula is C12H11NO4S. The van der Waals surface area contributed by atoms with Gasteiger partial charge < -0.3 is 9.84 Å². The number of carboxylic acids is 1. The van der Waals surface area contributed by atoms with Gasteiger partial charge >= 0.3 is 10.8 Å². The molecule has 0 saturated heterocycles. The molecule has 18 heavy (non-hydrogen) atoms. The maximum absolute atomic E-state index is 11.6. The average molecular weight is 265 g/mol. The molecule has 5 nitrogen and oxygen atoms in total. The fraction of sp³-hybridized carbons (Fsp3) is 0.167. The Bertz CT molecular complexity index is 629. The smallest absolute Gasteiger partial charge is 0.323 e. The lowest BCUT2D eigenvalue weighted by Gasteiger charge is -2.09. The Morgan fingerprint density at radius 3 is 2.83 bits per heavy atom. The zero-order valence-corrected chi connectivity index (χ0v) is 10.4. The summed E-state index contributed by atoms with van der Waals surface area (Å²) in [5.74, 6) is -0.443. The van der Waals surface area contributed by atoms with Gasteiger partial charge in [0, 0.05) is 10.9 Å². The number of ether oxygens (including phenoxy) is 1. The van der Waals surface area contributed by atoms with Crippen LogP contribution in [0.15, 0.2) is 34.4 Å². The highest BCUT2D eigenvalue weighted by molar-refractivity contribution is 7.07. The van der Waals surface area contributed by atoms with Gasteiger partial charge in [0.05, 0.1) is 12.8 Å². The quantitative estimate of drug-likeness (QED) is 0.913. The predicted octanol–water partition coefficient (Wildman–Crippen LogP) is 1.67. The molecule has 1 N–H and O–H groups in total. The largest absolute Gasteiger partial charge is 0.496 e. The van der Waals surface area contributed by atoms with Crippen molar-refractivity contribution in [2.45, 2.75) is 6.54 Å². The molecule has 0 radical (unpaired) electrons. The molecular weight excluding hydrogens is 254 g/mol. The Hall–Kier alpha value is -2.08. The summed E-state index contributed by atoms with van der Waals surface area (Å²) in [5.41, 5.74) is 1.27. The number of carbonyl (C=O) groups is 1. The number of aromatic nitrogens is 1. The van der Waals surface area contributed by atoms with Gasteiger partial charge in [-0.2, -0.15) is 0 Å². The van der Waals surface area contributed by atoms with Gasteiger partial charge in [0.2, 0.25) is 0 Å². The zero-order valence-electron chi connectivity index (χ0n) is 9.62. The van der Waals surface area contributed by atoms with E-state index < -0.39 is 5.97 Å². The molecule has 0 atom stereocenters. The minimum atomic E-state index is -1.05. The van der Waals surface area contributed by atoms with Crippen molar-refractivity contribution in [1.29, 1.82) is 0 Å². The minimum absolute atomic E-state index is 0.293. The summed E-state index contributed by atoms with van der Waals surface area (Å²) in [6.07, 6.45) is 0. The van der Waals surface area contributed by atoms with Gasteiger partial charge in [0.25, 0.3) is 0 Å². The van der Waals surface area contributed by atoms with E-state index in [-0.39, 0.29) is 11.4 Å². The summed E-state index contributed by atoms with van der Waals surface area (Å²) in [6, 6.07) is 7.18. The molecule has 1 heterocycles. The molecule has 0 aliphatic heterocycles. The number of aliphatic carboxylic acids is 1. The van der Waals surface area contributed by atoms with Crippen molar-refractivity contribution in [3.63, 3.8) is 0 Å². The van der Waals surface area contributed by atoms with Gasteiger partial charge in [0.1, 0.15) is 12.3 Å². The van der Waals surface area contributed by atoms with Gasteiger partial charge in [-0.3, -0.25) is 14.2 Å². The van der Waals surface area contributed by atoms with Crippen molar-refractivity contribution >= 4 is 17.3 Å². The lowest BCUT2D eigenvalue weighted by Crippen LogP contribution is -2.19. The zero-order chi connectivity index (χ0) is 13.1. The Balaban J connectivity index is 2.57. The Morgan fingerprint density at radius 2 is 2.17 bits per heavy atom. The number of carboxylic acid groups (broad SMARTS) is 1. The van der Waals surface area contributed by atoms with Crippen LogP contribution in [0.25, 0.3) is 11.3 Å². The fourth-order valence-corrected chi connectivity index (χ4v) is 2.44. The topological polar surface area (TPSA) is 68.5 Å². The van der Waals surface area contributed by atoms with Gasteiger partial charge in [-0.15, -0.1) is 0 Å². The first-order valence-corrected chi connectivity index (χ1v) is 6.05. The second-order valence-corrected chi connectivity index (χ2v) is 4.39. The van der Waals surface area contributed by atoms with Crippen LogP contribution >= 0.6 is 11.3 Å². The first-order valence-electron chi connectivity index (χ1n) is 5.17. The van der Waals surface area contributed by atoms with E-state index in [9.17, 15) is 9.59 Å². The van der Waals surface area contributed by atoms with E-state index in [0.29, 0.717) is 17.0 Å². The van der Waals surface area contributed by atoms with E-state index in [1.165, 1.54) is 11.7 Å². The summed E-state index contributed by atoms with van der Waals surface area (Å²) in [5, 5.41) is 10.5. The molecule has 94 valence electrons. The number of benzene rings is 1. The lowest BCUT2D eigenvalue weighted by molar-refractivity contribution is -0.137. The highest BCUT2D eigenvalue weighted by atomic mass is 32.1. The second-order valence-electron chi connectivity index (χ2n) is 3.57. The molecule has 0 amide bonds. The van der Waals surface area contributed by atoms with Crippen LogP contribution in [0.1, 0.15) is 0 Å². The van der Waals surface area contributed by atoms with Crippen molar-refractivity contribution in [3.05, 3.63) is 39.3 Å². The molecule has 6 heteroatoms. The first kappa shape index (κ1) is 12.4. The van der Waals surface area contributed by atoms with E-state index in [2.05, 4.69) is 0 Å². The monoisotopic (exact) mass is 265 g/mol. The standard InChI is InChI=1S/C12H11NO4S/c1-17-10-5-3-2-4-8(10)9-7-18-12(16)13(9)6-11(14)15/h2-5,7H,6H2,1H3,(H,14,15). The summed E-state index contributed by atoms with van der Waals surface area (Å²) in [7, 11) is 1.53. The predicted molar refractivity (Wildman–Crippen MR) is 68.2 cm³/mol. The van der Waals surface area contributed by atoms with Crippen molar-refractivity contribution in [2.75, 3.05) is 7.11 Å². The third kappa shape index (κ3) is 2.28. The number of rotatable bonds is 4. The average Bonchev–Trinajstić information content (AvgIpc) is 2.70. The van der Waals surface area contributed by atoms with E-state index in [4.69, 9.17) is 9.84 Å². The molecule has 1 aromatic carbocycles. The summed E-state index contributed by atoms with van der Waals surface area (Å²) >= 11 is 0.976. The van der Waals surface area contributed by atoms with Crippen molar-refractivity contribution in [1.82, 2.24) is 4.57 Å². The number of nitrogens with zero attached hydrogens (tertiary/aromatic N) is 1. The number of para-hydroxylation sites is 1. The lowest BCUT2D eigenvalue weighted by atomic mass is 10.1. The van der Waals surface area contributed by atoms with Crippen LogP contribution in [0, 0.1) is 0 Å². The molecule has 0 fully saturated rings. The Morgan fingerprint density at radius 1 is 1.44 bits per heavy atom. The Kier molecular flexibility index (Phi) is 3.47. The maximum atomic E-state index is 11.6. The van der Waals surface area contributed by atoms with Gasteiger partial charge in [-0.05, 0) is 12.1 Å². The summed E-state index contributed by atoms with van der Waals surface area (Å²) in [4.78, 5) is 22.1. The van der Waals surface area contributed by atoms with Crippen molar-refractivity contribution in [3.8, 4) is 17.0 Å². The highest BCUT2D eigenvalue weighted by Gasteiger charge is 2.14. The van der Waals surface area contributed by atoms with E-state index in [1.54, 1.807) is 17.5 Å². The highest BCUT2D eigenvalue weighted by Crippen LogP contribution is 2.29. The van der Waals surface area contributed by atoms with Gasteiger partial charge in [-0.1, -0.05) is 23.5 Å². The molecule has 0 aliphatic carbocycles. The third-order valence-electron chi connectivity index (χ3n) is 2.46. The Labute approximate surface area is 107 Å². The van der Waals surface area contributed by atoms with E-state index in [0.717, 1.165) is 11.3 Å². The maximum Gasteiger partial charge on any atom is 0.323 e. The van der Waals surface area contributed by atoms with E-state index >= 15 is 0 Å². The first-order chi connectivity index (χ1) is 8.63. The van der Waals surface area contributed by atoms with Crippen molar-refractivity contribution < 1.29 is 14.6 Å². The van der Waals surface area contributed by atoms with Gasteiger partial charge in [-0.25, -0.2) is 0 Å². The number of hydrogen-bond donors (Lipinski definition) is 1. The SMILES string of the molecule is COc1ccccc1-c1csc(=O)n1CC(=O)O. The number of thiazole rings is 1. The van der Waals surface area contributed by atoms with Crippen LogP contribution in [0.3, 0.4) is 0 Å². The molecule has 0 unspecified atom stereocenters. The summed E-state index contributed by atoms with van der Waals surface area (Å²) < 4.78 is 6.44. The van der Waals surface area contributed by atoms with Crippen LogP contribution < -0.4 is 9.61 Å². The van der Waals surface area contributed by atoms with Crippen LogP contribution in [-0.4, -0.2) is 22.8 Å². The molecule has 0 bridgehead atoms. The van der Waals surface area contributed by atoms with Crippen LogP contribution in [0.2, 0.25) is 0 Å². The number of methoxy groups -OCH3 is 1. The minimum Gasteiger partial charge on any atom is -0.496 e. The fourth-order valence-electron chi connectivity index (χ4n) is 1.68. The van der Waals surface area contributed by atoms with Gasteiger partial charge in [0.15, 0.2) is 0 Å². The molecule has 2 aromatic rings. The number of hydrogen-bond acceptors (Lipinski definition) is 4. The summed E-state index contributed by atoms with van der Waals surface area (Å²) in [6.45, 7) is -0.351. The molecule has 1 aromatic heterocycles. The van der Waals surface area contributed by atoms with Crippen molar-refractivity contribution in [2.24, 2.45) is 0 Å². The molecule has 2 rings (SSSR count). The molecule has 0 saturated carbocycles. The van der Waals surface area contributed by atoms with Crippen LogP contribution in [-0.2, 0) is 11.3 Å². The normalized spacial score (nSPS) is 10.3. The third-order valence-corrected chi connectivity index (χ3v) is 3.22. The molecule has 0 spiro atoms. The second kappa shape index (κ2) is 5.05.